The molecule has 0 bridgehead atoms. The summed E-state index contributed by atoms with van der Waals surface area (Å²) in [5.41, 5.74) is -2.11. The molecule has 0 aliphatic carbocycles. The number of aromatic hydroxyl groups is 1. The van der Waals surface area contributed by atoms with Crippen molar-refractivity contribution in [1.82, 2.24) is 0 Å². The molecule has 0 unspecified atom stereocenters. The molecular formula is C10H8F3NO3. The standard InChI is InChI=1S/C10H8F3NO3/c1-5(16)14-7-2-6(4-15)9(17)8(3-7)10(11,12)13/h2-4,17H,1H3,(H,14,16). The van der Waals surface area contributed by atoms with Crippen LogP contribution in [0.25, 0.3) is 0 Å². The predicted molar refractivity (Wildman–Crippen MR) is 52.8 cm³/mol. The van der Waals surface area contributed by atoms with E-state index in [0.29, 0.717) is 6.07 Å². The zero-order chi connectivity index (χ0) is 13.2. The van der Waals surface area contributed by atoms with Crippen LogP contribution >= 0.6 is 0 Å². The van der Waals surface area contributed by atoms with Gasteiger partial charge in [-0.1, -0.05) is 0 Å². The Hall–Kier alpha value is -2.05. The summed E-state index contributed by atoms with van der Waals surface area (Å²) >= 11 is 0. The van der Waals surface area contributed by atoms with Gasteiger partial charge in [-0.05, 0) is 12.1 Å². The highest BCUT2D eigenvalue weighted by Gasteiger charge is 2.35. The second-order valence-electron chi connectivity index (χ2n) is 3.26. The second-order valence-corrected chi connectivity index (χ2v) is 3.26. The summed E-state index contributed by atoms with van der Waals surface area (Å²) in [7, 11) is 0. The van der Waals surface area contributed by atoms with E-state index in [1.54, 1.807) is 0 Å². The van der Waals surface area contributed by atoms with Crippen molar-refractivity contribution in [2.24, 2.45) is 0 Å². The first-order valence-electron chi connectivity index (χ1n) is 4.42. The van der Waals surface area contributed by atoms with Gasteiger partial charge in [0.2, 0.25) is 5.91 Å². The fourth-order valence-electron chi connectivity index (χ4n) is 1.24. The number of phenolic OH excluding ortho intramolecular Hbond substituents is 1. The molecule has 1 amide bonds. The number of anilines is 1. The van der Waals surface area contributed by atoms with Gasteiger partial charge in [-0.3, -0.25) is 9.59 Å². The van der Waals surface area contributed by atoms with Gasteiger partial charge in [0.1, 0.15) is 11.3 Å². The molecule has 0 aliphatic rings. The number of aldehydes is 1. The van der Waals surface area contributed by atoms with E-state index in [2.05, 4.69) is 5.32 Å². The number of rotatable bonds is 2. The van der Waals surface area contributed by atoms with Crippen molar-refractivity contribution in [1.29, 1.82) is 0 Å². The molecule has 92 valence electrons. The second kappa shape index (κ2) is 4.44. The number of nitrogens with one attached hydrogen (secondary N) is 1. The normalized spacial score (nSPS) is 11.1. The lowest BCUT2D eigenvalue weighted by atomic mass is 10.1. The van der Waals surface area contributed by atoms with Crippen LogP contribution in [0.15, 0.2) is 12.1 Å². The Kier molecular flexibility index (Phi) is 3.40. The van der Waals surface area contributed by atoms with Crippen molar-refractivity contribution < 1.29 is 27.9 Å². The van der Waals surface area contributed by atoms with E-state index in [-0.39, 0.29) is 12.0 Å². The summed E-state index contributed by atoms with van der Waals surface area (Å²) in [5.74, 6) is -1.73. The molecule has 0 saturated carbocycles. The number of carbonyl (C=O) groups excluding carboxylic acids is 2. The lowest BCUT2D eigenvalue weighted by Crippen LogP contribution is -2.11. The van der Waals surface area contributed by atoms with Crippen molar-refractivity contribution >= 4 is 17.9 Å². The maximum absolute atomic E-state index is 12.5. The van der Waals surface area contributed by atoms with Crippen LogP contribution < -0.4 is 5.32 Å². The largest absolute Gasteiger partial charge is 0.507 e. The van der Waals surface area contributed by atoms with Gasteiger partial charge in [-0.15, -0.1) is 0 Å². The average Bonchev–Trinajstić information content (AvgIpc) is 2.17. The number of hydrogen-bond acceptors (Lipinski definition) is 3. The minimum atomic E-state index is -4.81. The van der Waals surface area contributed by atoms with Crippen molar-refractivity contribution in [3.8, 4) is 5.75 Å². The molecule has 1 rings (SSSR count). The fourth-order valence-corrected chi connectivity index (χ4v) is 1.24. The number of benzene rings is 1. The average molecular weight is 247 g/mol. The molecule has 0 aromatic heterocycles. The Labute approximate surface area is 94.1 Å². The number of hydrogen-bond donors (Lipinski definition) is 2. The van der Waals surface area contributed by atoms with Gasteiger partial charge in [0.05, 0.1) is 5.56 Å². The quantitative estimate of drug-likeness (QED) is 0.621. The molecular weight excluding hydrogens is 239 g/mol. The molecule has 0 saturated heterocycles. The third-order valence-electron chi connectivity index (χ3n) is 1.89. The SMILES string of the molecule is CC(=O)Nc1cc(C=O)c(O)c(C(F)(F)F)c1. The number of amides is 1. The van der Waals surface area contributed by atoms with Crippen LogP contribution in [-0.4, -0.2) is 17.3 Å². The third-order valence-corrected chi connectivity index (χ3v) is 1.89. The summed E-state index contributed by atoms with van der Waals surface area (Å²) in [6, 6.07) is 1.52. The van der Waals surface area contributed by atoms with Gasteiger partial charge >= 0.3 is 6.18 Å². The first-order valence-corrected chi connectivity index (χ1v) is 4.42. The highest BCUT2D eigenvalue weighted by molar-refractivity contribution is 5.91. The van der Waals surface area contributed by atoms with Gasteiger partial charge in [0, 0.05) is 12.6 Å². The molecule has 0 aliphatic heterocycles. The Bertz CT molecular complexity index is 469. The van der Waals surface area contributed by atoms with Crippen LogP contribution in [0.3, 0.4) is 0 Å². The van der Waals surface area contributed by atoms with E-state index in [1.807, 2.05) is 0 Å². The molecule has 0 spiro atoms. The molecule has 0 atom stereocenters. The van der Waals surface area contributed by atoms with Gasteiger partial charge < -0.3 is 10.4 Å². The summed E-state index contributed by atoms with van der Waals surface area (Å²) in [6.07, 6.45) is -4.73. The van der Waals surface area contributed by atoms with E-state index in [9.17, 15) is 27.9 Å². The van der Waals surface area contributed by atoms with E-state index >= 15 is 0 Å². The molecule has 7 heteroatoms. The molecule has 0 radical (unpaired) electrons. The molecule has 2 N–H and O–H groups in total. The number of halogens is 3. The number of phenols is 1. The first-order chi connectivity index (χ1) is 7.75. The van der Waals surface area contributed by atoms with Crippen LogP contribution in [0.1, 0.15) is 22.8 Å². The molecule has 1 aromatic carbocycles. The van der Waals surface area contributed by atoms with Crippen LogP contribution in [-0.2, 0) is 11.0 Å². The summed E-state index contributed by atoms with van der Waals surface area (Å²) in [6.45, 7) is 1.11. The fraction of sp³-hybridized carbons (Fsp3) is 0.200. The van der Waals surface area contributed by atoms with Crippen LogP contribution in [0.2, 0.25) is 0 Å². The highest BCUT2D eigenvalue weighted by atomic mass is 19.4. The molecule has 0 fully saturated rings. The Balaban J connectivity index is 3.38. The van der Waals surface area contributed by atoms with Crippen LogP contribution in [0.4, 0.5) is 18.9 Å². The zero-order valence-electron chi connectivity index (χ0n) is 8.63. The highest BCUT2D eigenvalue weighted by Crippen LogP contribution is 2.39. The minimum absolute atomic E-state index is 0.0793. The van der Waals surface area contributed by atoms with E-state index in [0.717, 1.165) is 13.0 Å². The van der Waals surface area contributed by atoms with Crippen molar-refractivity contribution in [3.63, 3.8) is 0 Å². The minimum Gasteiger partial charge on any atom is -0.507 e. The Morgan fingerprint density at radius 3 is 2.41 bits per heavy atom. The number of alkyl halides is 3. The molecule has 4 nitrogen and oxygen atoms in total. The topological polar surface area (TPSA) is 66.4 Å². The lowest BCUT2D eigenvalue weighted by Gasteiger charge is -2.12. The van der Waals surface area contributed by atoms with Crippen molar-refractivity contribution in [2.45, 2.75) is 13.1 Å². The predicted octanol–water partition coefficient (Wildman–Crippen LogP) is 2.18. The summed E-state index contributed by atoms with van der Waals surface area (Å²) < 4.78 is 37.5. The van der Waals surface area contributed by atoms with Crippen molar-refractivity contribution in [2.75, 3.05) is 5.32 Å². The van der Waals surface area contributed by atoms with Gasteiger partial charge in [-0.25, -0.2) is 0 Å². The summed E-state index contributed by atoms with van der Waals surface area (Å²) in [4.78, 5) is 21.2. The van der Waals surface area contributed by atoms with Gasteiger partial charge in [0.25, 0.3) is 0 Å². The third kappa shape index (κ3) is 2.96. The van der Waals surface area contributed by atoms with Crippen LogP contribution in [0, 0.1) is 0 Å². The van der Waals surface area contributed by atoms with E-state index in [1.165, 1.54) is 0 Å². The molecule has 0 heterocycles. The monoisotopic (exact) mass is 247 g/mol. The van der Waals surface area contributed by atoms with Crippen LogP contribution in [0.5, 0.6) is 5.75 Å². The first kappa shape index (κ1) is 13.0. The Morgan fingerprint density at radius 2 is 2.00 bits per heavy atom. The van der Waals surface area contributed by atoms with E-state index in [4.69, 9.17) is 0 Å². The molecule has 17 heavy (non-hydrogen) atoms. The van der Waals surface area contributed by atoms with Gasteiger partial charge in [-0.2, -0.15) is 13.2 Å². The van der Waals surface area contributed by atoms with Crippen molar-refractivity contribution in [3.05, 3.63) is 23.3 Å². The molecule has 1 aromatic rings. The summed E-state index contributed by atoms with van der Waals surface area (Å²) in [5, 5.41) is 11.3. The maximum atomic E-state index is 12.5. The Morgan fingerprint density at radius 1 is 1.41 bits per heavy atom. The van der Waals surface area contributed by atoms with E-state index < -0.39 is 29.0 Å². The van der Waals surface area contributed by atoms with Gasteiger partial charge in [0.15, 0.2) is 6.29 Å². The zero-order valence-corrected chi connectivity index (χ0v) is 8.63. The number of carbonyl (C=O) groups is 2. The smallest absolute Gasteiger partial charge is 0.420 e. The lowest BCUT2D eigenvalue weighted by molar-refractivity contribution is -0.138. The maximum Gasteiger partial charge on any atom is 0.420 e.